The van der Waals surface area contributed by atoms with Crippen LogP contribution in [0.5, 0.6) is 0 Å². The van der Waals surface area contributed by atoms with Gasteiger partial charge in [-0.1, -0.05) is 32.0 Å². The summed E-state index contributed by atoms with van der Waals surface area (Å²) in [4.78, 5) is 0. The molecule has 0 saturated heterocycles. The SMILES string of the molecule is CC(C)CNCC(C)OCc1ccccc1F. The van der Waals surface area contributed by atoms with Crippen molar-refractivity contribution in [2.24, 2.45) is 5.92 Å². The van der Waals surface area contributed by atoms with Gasteiger partial charge in [-0.15, -0.1) is 0 Å². The zero-order chi connectivity index (χ0) is 12.7. The third-order valence-corrected chi connectivity index (χ3v) is 2.47. The van der Waals surface area contributed by atoms with Gasteiger partial charge >= 0.3 is 0 Å². The molecule has 1 atom stereocenters. The van der Waals surface area contributed by atoms with Crippen LogP contribution in [-0.4, -0.2) is 19.2 Å². The van der Waals surface area contributed by atoms with Crippen LogP contribution in [0.4, 0.5) is 4.39 Å². The normalized spacial score (nSPS) is 13.0. The van der Waals surface area contributed by atoms with Gasteiger partial charge in [0.15, 0.2) is 0 Å². The van der Waals surface area contributed by atoms with Gasteiger partial charge < -0.3 is 10.1 Å². The average molecular weight is 239 g/mol. The summed E-state index contributed by atoms with van der Waals surface area (Å²) in [6, 6.07) is 6.72. The zero-order valence-electron chi connectivity index (χ0n) is 10.9. The summed E-state index contributed by atoms with van der Waals surface area (Å²) < 4.78 is 18.9. The molecule has 0 bridgehead atoms. The molecule has 0 saturated carbocycles. The van der Waals surface area contributed by atoms with Crippen molar-refractivity contribution in [3.05, 3.63) is 35.6 Å². The van der Waals surface area contributed by atoms with E-state index in [1.54, 1.807) is 12.1 Å². The highest BCUT2D eigenvalue weighted by atomic mass is 19.1. The van der Waals surface area contributed by atoms with Gasteiger partial charge in [-0.05, 0) is 25.5 Å². The third kappa shape index (κ3) is 5.80. The third-order valence-electron chi connectivity index (χ3n) is 2.47. The van der Waals surface area contributed by atoms with Crippen LogP contribution in [0, 0.1) is 11.7 Å². The van der Waals surface area contributed by atoms with Crippen LogP contribution in [0.25, 0.3) is 0 Å². The summed E-state index contributed by atoms with van der Waals surface area (Å²) in [5.41, 5.74) is 0.614. The molecule has 0 radical (unpaired) electrons. The van der Waals surface area contributed by atoms with Crippen molar-refractivity contribution >= 4 is 0 Å². The van der Waals surface area contributed by atoms with Crippen molar-refractivity contribution < 1.29 is 9.13 Å². The van der Waals surface area contributed by atoms with E-state index in [4.69, 9.17) is 4.74 Å². The molecular formula is C14H22FNO. The van der Waals surface area contributed by atoms with E-state index in [0.29, 0.717) is 18.1 Å². The Balaban J connectivity index is 2.24. The van der Waals surface area contributed by atoms with E-state index in [-0.39, 0.29) is 11.9 Å². The first-order chi connectivity index (χ1) is 8.09. The maximum absolute atomic E-state index is 13.3. The molecule has 1 aromatic carbocycles. The Morgan fingerprint density at radius 2 is 1.88 bits per heavy atom. The van der Waals surface area contributed by atoms with E-state index in [1.165, 1.54) is 6.07 Å². The van der Waals surface area contributed by atoms with Gasteiger partial charge in [-0.3, -0.25) is 0 Å². The highest BCUT2D eigenvalue weighted by Crippen LogP contribution is 2.08. The van der Waals surface area contributed by atoms with Crippen molar-refractivity contribution in [2.45, 2.75) is 33.5 Å². The second kappa shape index (κ2) is 7.41. The zero-order valence-corrected chi connectivity index (χ0v) is 10.9. The lowest BCUT2D eigenvalue weighted by atomic mass is 10.2. The summed E-state index contributed by atoms with van der Waals surface area (Å²) in [7, 11) is 0. The van der Waals surface area contributed by atoms with Crippen LogP contribution in [0.1, 0.15) is 26.3 Å². The molecule has 1 N–H and O–H groups in total. The quantitative estimate of drug-likeness (QED) is 0.790. The Kier molecular flexibility index (Phi) is 6.16. The van der Waals surface area contributed by atoms with E-state index in [2.05, 4.69) is 19.2 Å². The van der Waals surface area contributed by atoms with Crippen molar-refractivity contribution in [1.29, 1.82) is 0 Å². The standard InChI is InChI=1S/C14H22FNO/c1-11(2)8-16-9-12(3)17-10-13-6-4-5-7-14(13)15/h4-7,11-12,16H,8-10H2,1-3H3. The van der Waals surface area contributed by atoms with Crippen LogP contribution < -0.4 is 5.32 Å². The smallest absolute Gasteiger partial charge is 0.128 e. The van der Waals surface area contributed by atoms with Gasteiger partial charge in [0.2, 0.25) is 0 Å². The highest BCUT2D eigenvalue weighted by Gasteiger charge is 2.05. The molecule has 0 spiro atoms. The molecule has 0 aliphatic rings. The summed E-state index contributed by atoms with van der Waals surface area (Å²) in [5, 5.41) is 3.32. The van der Waals surface area contributed by atoms with Gasteiger partial charge in [0.1, 0.15) is 5.82 Å². The molecule has 3 heteroatoms. The van der Waals surface area contributed by atoms with E-state index in [1.807, 2.05) is 13.0 Å². The maximum atomic E-state index is 13.3. The predicted molar refractivity (Wildman–Crippen MR) is 68.4 cm³/mol. The molecule has 0 aliphatic heterocycles. The Morgan fingerprint density at radius 1 is 1.18 bits per heavy atom. The van der Waals surface area contributed by atoms with Crippen molar-refractivity contribution in [2.75, 3.05) is 13.1 Å². The molecule has 0 amide bonds. The predicted octanol–water partition coefficient (Wildman–Crippen LogP) is 2.98. The van der Waals surface area contributed by atoms with Gasteiger partial charge in [0, 0.05) is 12.1 Å². The number of ether oxygens (including phenoxy) is 1. The molecule has 17 heavy (non-hydrogen) atoms. The van der Waals surface area contributed by atoms with E-state index >= 15 is 0 Å². The average Bonchev–Trinajstić information content (AvgIpc) is 2.27. The number of hydrogen-bond acceptors (Lipinski definition) is 2. The minimum absolute atomic E-state index is 0.0911. The van der Waals surface area contributed by atoms with Crippen molar-refractivity contribution in [3.63, 3.8) is 0 Å². The van der Waals surface area contributed by atoms with Gasteiger partial charge in [-0.2, -0.15) is 0 Å². The van der Waals surface area contributed by atoms with Crippen LogP contribution >= 0.6 is 0 Å². The molecule has 1 aromatic rings. The molecule has 96 valence electrons. The number of halogens is 1. The highest BCUT2D eigenvalue weighted by molar-refractivity contribution is 5.16. The number of benzene rings is 1. The fourth-order valence-corrected chi connectivity index (χ4v) is 1.48. The lowest BCUT2D eigenvalue weighted by molar-refractivity contribution is 0.0512. The first kappa shape index (κ1) is 14.1. The topological polar surface area (TPSA) is 21.3 Å². The van der Waals surface area contributed by atoms with Crippen molar-refractivity contribution in [1.82, 2.24) is 5.32 Å². The van der Waals surface area contributed by atoms with E-state index < -0.39 is 0 Å². The van der Waals surface area contributed by atoms with Gasteiger partial charge in [0.25, 0.3) is 0 Å². The van der Waals surface area contributed by atoms with Crippen LogP contribution in [0.15, 0.2) is 24.3 Å². The lowest BCUT2D eigenvalue weighted by Gasteiger charge is -2.15. The maximum Gasteiger partial charge on any atom is 0.128 e. The first-order valence-electron chi connectivity index (χ1n) is 6.15. The Labute approximate surface area is 103 Å². The fraction of sp³-hybridized carbons (Fsp3) is 0.571. The second-order valence-corrected chi connectivity index (χ2v) is 4.77. The van der Waals surface area contributed by atoms with Crippen LogP contribution in [-0.2, 0) is 11.3 Å². The minimum atomic E-state index is -0.199. The molecule has 0 aromatic heterocycles. The Hall–Kier alpha value is -0.930. The van der Waals surface area contributed by atoms with Crippen LogP contribution in [0.2, 0.25) is 0 Å². The molecular weight excluding hydrogens is 217 g/mol. The number of nitrogens with one attached hydrogen (secondary N) is 1. The lowest BCUT2D eigenvalue weighted by Crippen LogP contribution is -2.29. The number of hydrogen-bond donors (Lipinski definition) is 1. The van der Waals surface area contributed by atoms with Gasteiger partial charge in [-0.25, -0.2) is 4.39 Å². The van der Waals surface area contributed by atoms with Gasteiger partial charge in [0.05, 0.1) is 12.7 Å². The molecule has 1 rings (SSSR count). The second-order valence-electron chi connectivity index (χ2n) is 4.77. The summed E-state index contributed by atoms with van der Waals surface area (Å²) in [6.07, 6.45) is 0.0911. The molecule has 2 nitrogen and oxygen atoms in total. The summed E-state index contributed by atoms with van der Waals surface area (Å²) >= 11 is 0. The summed E-state index contributed by atoms with van der Waals surface area (Å²) in [6.45, 7) is 8.43. The minimum Gasteiger partial charge on any atom is -0.372 e. The number of rotatable bonds is 7. The molecule has 1 unspecified atom stereocenters. The molecule has 0 fully saturated rings. The van der Waals surface area contributed by atoms with E-state index in [0.717, 1.165) is 13.1 Å². The summed E-state index contributed by atoms with van der Waals surface area (Å²) in [5.74, 6) is 0.434. The first-order valence-corrected chi connectivity index (χ1v) is 6.15. The Bertz CT molecular complexity index is 328. The monoisotopic (exact) mass is 239 g/mol. The molecule has 0 heterocycles. The fourth-order valence-electron chi connectivity index (χ4n) is 1.48. The molecule has 0 aliphatic carbocycles. The largest absolute Gasteiger partial charge is 0.372 e. The van der Waals surface area contributed by atoms with E-state index in [9.17, 15) is 4.39 Å². The van der Waals surface area contributed by atoms with Crippen LogP contribution in [0.3, 0.4) is 0 Å². The van der Waals surface area contributed by atoms with Crippen molar-refractivity contribution in [3.8, 4) is 0 Å². The Morgan fingerprint density at radius 3 is 2.53 bits per heavy atom.